The van der Waals surface area contributed by atoms with E-state index in [0.29, 0.717) is 17.6 Å². The van der Waals surface area contributed by atoms with E-state index < -0.39 is 0 Å². The number of nitrogens with zero attached hydrogens (tertiary/aromatic N) is 3. The minimum atomic E-state index is 0.314. The Morgan fingerprint density at radius 3 is 2.62 bits per heavy atom. The number of hydrazine groups is 1. The first-order valence-electron chi connectivity index (χ1n) is 6.84. The van der Waals surface area contributed by atoms with Gasteiger partial charge in [0.15, 0.2) is 11.5 Å². The van der Waals surface area contributed by atoms with Gasteiger partial charge in [-0.25, -0.2) is 10.8 Å². The van der Waals surface area contributed by atoms with Crippen LogP contribution in [-0.4, -0.2) is 26.0 Å². The molecule has 106 valence electrons. The summed E-state index contributed by atoms with van der Waals surface area (Å²) in [6.45, 7) is 0. The smallest absolute Gasteiger partial charge is 0.241 e. The van der Waals surface area contributed by atoms with E-state index in [1.165, 1.54) is 11.1 Å². The highest BCUT2D eigenvalue weighted by Gasteiger charge is 2.22. The highest BCUT2D eigenvalue weighted by Crippen LogP contribution is 2.26. The molecule has 0 spiro atoms. The monoisotopic (exact) mass is 281 g/mol. The number of nitrogens with one attached hydrogen (secondary N) is 3. The van der Waals surface area contributed by atoms with Crippen molar-refractivity contribution in [2.75, 3.05) is 10.7 Å². The van der Waals surface area contributed by atoms with Crippen LogP contribution >= 0.6 is 0 Å². The molecule has 0 radical (unpaired) electrons. The summed E-state index contributed by atoms with van der Waals surface area (Å²) in [5.41, 5.74) is 6.65. The second-order valence-electron chi connectivity index (χ2n) is 5.16. The van der Waals surface area contributed by atoms with Crippen LogP contribution in [-0.2, 0) is 12.8 Å². The molecule has 0 saturated carbocycles. The zero-order valence-electron chi connectivity index (χ0n) is 11.3. The van der Waals surface area contributed by atoms with E-state index in [9.17, 15) is 0 Å². The first-order chi connectivity index (χ1) is 10.3. The molecule has 0 saturated heterocycles. The maximum Gasteiger partial charge on any atom is 0.241 e. The average molecular weight is 281 g/mol. The first-order valence-corrected chi connectivity index (χ1v) is 6.84. The summed E-state index contributed by atoms with van der Waals surface area (Å²) in [5.74, 6) is 6.49. The van der Waals surface area contributed by atoms with Gasteiger partial charge in [-0.05, 0) is 24.0 Å². The van der Waals surface area contributed by atoms with Gasteiger partial charge in [0.05, 0.1) is 6.33 Å². The summed E-state index contributed by atoms with van der Waals surface area (Å²) in [5, 5.41) is 3.47. The number of H-pyrrole nitrogens is 1. The minimum Gasteiger partial charge on any atom is -0.365 e. The Balaban J connectivity index is 1.65. The van der Waals surface area contributed by atoms with Crippen molar-refractivity contribution in [3.8, 4) is 0 Å². The summed E-state index contributed by atoms with van der Waals surface area (Å²) in [6.07, 6.45) is 3.58. The minimum absolute atomic E-state index is 0.314. The fraction of sp³-hybridized carbons (Fsp3) is 0.214. The molecule has 0 bridgehead atoms. The van der Waals surface area contributed by atoms with E-state index in [4.69, 9.17) is 5.84 Å². The number of hydrogen-bond donors (Lipinski definition) is 4. The number of aromatic nitrogens is 4. The van der Waals surface area contributed by atoms with Crippen molar-refractivity contribution in [3.05, 3.63) is 41.7 Å². The molecular weight excluding hydrogens is 266 g/mol. The van der Waals surface area contributed by atoms with Gasteiger partial charge in [-0.2, -0.15) is 9.97 Å². The number of benzene rings is 1. The Morgan fingerprint density at radius 1 is 1.14 bits per heavy atom. The van der Waals surface area contributed by atoms with Crippen molar-refractivity contribution in [3.63, 3.8) is 0 Å². The third kappa shape index (κ3) is 2.07. The molecule has 0 aliphatic heterocycles. The molecule has 0 fully saturated rings. The van der Waals surface area contributed by atoms with Gasteiger partial charge < -0.3 is 10.3 Å². The normalized spacial score (nSPS) is 14.3. The highest BCUT2D eigenvalue weighted by molar-refractivity contribution is 5.83. The third-order valence-electron chi connectivity index (χ3n) is 3.81. The van der Waals surface area contributed by atoms with Crippen LogP contribution in [0.25, 0.3) is 11.2 Å². The van der Waals surface area contributed by atoms with E-state index in [2.05, 4.69) is 54.9 Å². The largest absolute Gasteiger partial charge is 0.365 e. The molecule has 1 aromatic carbocycles. The zero-order chi connectivity index (χ0) is 14.2. The molecular formula is C14H15N7. The maximum atomic E-state index is 5.41. The molecule has 1 aliphatic carbocycles. The molecule has 7 heteroatoms. The molecule has 2 aromatic heterocycles. The van der Waals surface area contributed by atoms with Gasteiger partial charge in [-0.15, -0.1) is 0 Å². The van der Waals surface area contributed by atoms with Crippen molar-refractivity contribution in [2.24, 2.45) is 5.84 Å². The Bertz CT molecular complexity index is 770. The van der Waals surface area contributed by atoms with E-state index in [1.807, 2.05) is 0 Å². The number of hydrogen-bond acceptors (Lipinski definition) is 6. The summed E-state index contributed by atoms with van der Waals surface area (Å²) in [7, 11) is 0. The number of aromatic amines is 1. The molecule has 3 aromatic rings. The number of fused-ring (bicyclic) bond motifs is 2. The predicted molar refractivity (Wildman–Crippen MR) is 80.8 cm³/mol. The lowest BCUT2D eigenvalue weighted by Crippen LogP contribution is -2.21. The first kappa shape index (κ1) is 12.1. The van der Waals surface area contributed by atoms with Crippen LogP contribution in [0.2, 0.25) is 0 Å². The predicted octanol–water partition coefficient (Wildman–Crippen LogP) is 1.22. The Kier molecular flexibility index (Phi) is 2.71. The zero-order valence-corrected chi connectivity index (χ0v) is 11.3. The topological polar surface area (TPSA) is 105 Å². The van der Waals surface area contributed by atoms with Gasteiger partial charge in [-0.3, -0.25) is 5.43 Å². The molecule has 21 heavy (non-hydrogen) atoms. The quantitative estimate of drug-likeness (QED) is 0.425. The molecule has 0 amide bonds. The van der Waals surface area contributed by atoms with E-state index in [-0.39, 0.29) is 0 Å². The fourth-order valence-corrected chi connectivity index (χ4v) is 2.86. The van der Waals surface area contributed by atoms with E-state index >= 15 is 0 Å². The Hall–Kier alpha value is -2.67. The highest BCUT2D eigenvalue weighted by atomic mass is 15.3. The Morgan fingerprint density at radius 2 is 1.90 bits per heavy atom. The van der Waals surface area contributed by atoms with Gasteiger partial charge >= 0.3 is 0 Å². The summed E-state index contributed by atoms with van der Waals surface area (Å²) in [4.78, 5) is 15.8. The lowest BCUT2D eigenvalue weighted by atomic mass is 10.1. The van der Waals surface area contributed by atoms with Gasteiger partial charge in [0.2, 0.25) is 5.95 Å². The Labute approximate surface area is 121 Å². The number of anilines is 2. The fourth-order valence-electron chi connectivity index (χ4n) is 2.86. The second kappa shape index (κ2) is 4.71. The standard InChI is InChI=1S/C14H15N7/c15-21-14-19-12-11(16-7-17-12)13(20-14)18-10-5-8-3-1-2-4-9(8)6-10/h1-4,7,10H,5-6,15H2,(H3,16,17,18,19,20,21). The van der Waals surface area contributed by atoms with Crippen LogP contribution in [0.3, 0.4) is 0 Å². The third-order valence-corrected chi connectivity index (χ3v) is 3.81. The van der Waals surface area contributed by atoms with Gasteiger partial charge in [0, 0.05) is 6.04 Å². The lowest BCUT2D eigenvalue weighted by molar-refractivity contribution is 0.769. The summed E-state index contributed by atoms with van der Waals surface area (Å²) in [6, 6.07) is 8.82. The van der Waals surface area contributed by atoms with E-state index in [0.717, 1.165) is 24.2 Å². The summed E-state index contributed by atoms with van der Waals surface area (Å²) >= 11 is 0. The van der Waals surface area contributed by atoms with Crippen molar-refractivity contribution in [2.45, 2.75) is 18.9 Å². The number of nitrogens with two attached hydrogens (primary N) is 1. The van der Waals surface area contributed by atoms with Crippen molar-refractivity contribution in [1.29, 1.82) is 0 Å². The van der Waals surface area contributed by atoms with Crippen LogP contribution in [0.5, 0.6) is 0 Å². The van der Waals surface area contributed by atoms with Crippen LogP contribution in [0.1, 0.15) is 11.1 Å². The maximum absolute atomic E-state index is 5.41. The van der Waals surface area contributed by atoms with Crippen molar-refractivity contribution >= 4 is 22.9 Å². The molecule has 0 unspecified atom stereocenters. The van der Waals surface area contributed by atoms with Gasteiger partial charge in [0.25, 0.3) is 0 Å². The average Bonchev–Trinajstić information content (AvgIpc) is 3.12. The van der Waals surface area contributed by atoms with Crippen LogP contribution < -0.4 is 16.6 Å². The van der Waals surface area contributed by atoms with Gasteiger partial charge in [-0.1, -0.05) is 24.3 Å². The second-order valence-corrected chi connectivity index (χ2v) is 5.16. The van der Waals surface area contributed by atoms with Gasteiger partial charge in [0.1, 0.15) is 5.52 Å². The van der Waals surface area contributed by atoms with Crippen LogP contribution in [0.15, 0.2) is 30.6 Å². The molecule has 2 heterocycles. The van der Waals surface area contributed by atoms with E-state index in [1.54, 1.807) is 6.33 Å². The lowest BCUT2D eigenvalue weighted by Gasteiger charge is -2.13. The van der Waals surface area contributed by atoms with Crippen molar-refractivity contribution < 1.29 is 0 Å². The molecule has 7 nitrogen and oxygen atoms in total. The summed E-state index contributed by atoms with van der Waals surface area (Å²) < 4.78 is 0. The number of rotatable bonds is 3. The molecule has 0 atom stereocenters. The molecule has 5 N–H and O–H groups in total. The SMILES string of the molecule is NNc1nc(NC2Cc3ccccc3C2)c2[nH]cnc2n1. The van der Waals surface area contributed by atoms with Crippen LogP contribution in [0.4, 0.5) is 11.8 Å². The van der Waals surface area contributed by atoms with Crippen LogP contribution in [0, 0.1) is 0 Å². The number of imidazole rings is 1. The number of nitrogen functional groups attached to an aromatic ring is 1. The molecule has 1 aliphatic rings. The molecule has 4 rings (SSSR count). The van der Waals surface area contributed by atoms with Crippen molar-refractivity contribution in [1.82, 2.24) is 19.9 Å².